The van der Waals surface area contributed by atoms with Gasteiger partial charge in [-0.05, 0) is 43.0 Å². The minimum atomic E-state index is -4.43. The van der Waals surface area contributed by atoms with E-state index in [0.29, 0.717) is 43.4 Å². The van der Waals surface area contributed by atoms with Gasteiger partial charge in [-0.3, -0.25) is 0 Å². The zero-order chi connectivity index (χ0) is 17.5. The molecule has 0 radical (unpaired) electrons. The van der Waals surface area contributed by atoms with Crippen molar-refractivity contribution in [2.75, 3.05) is 25.0 Å². The molecule has 0 aliphatic carbocycles. The number of alkyl halides is 3. The molecule has 1 saturated heterocycles. The maximum Gasteiger partial charge on any atom is 0.418 e. The largest absolute Gasteiger partial charge is 0.418 e. The Balaban J connectivity index is 2.12. The summed E-state index contributed by atoms with van der Waals surface area (Å²) in [7, 11) is 1.70. The van der Waals surface area contributed by atoms with E-state index in [1.807, 2.05) is 12.1 Å². The molecule has 0 saturated carbocycles. The quantitative estimate of drug-likeness (QED) is 0.831. The Bertz CT molecular complexity index is 680. The van der Waals surface area contributed by atoms with E-state index in [0.717, 1.165) is 6.54 Å². The zero-order valence-electron chi connectivity index (χ0n) is 13.6. The molecule has 2 aliphatic heterocycles. The smallest absolute Gasteiger partial charge is 0.369 e. The van der Waals surface area contributed by atoms with E-state index in [1.54, 1.807) is 11.9 Å². The van der Waals surface area contributed by atoms with Crippen LogP contribution < -0.4 is 16.0 Å². The van der Waals surface area contributed by atoms with Crippen molar-refractivity contribution in [2.24, 2.45) is 5.73 Å². The van der Waals surface area contributed by atoms with Gasteiger partial charge in [0.05, 0.1) is 28.9 Å². The summed E-state index contributed by atoms with van der Waals surface area (Å²) >= 11 is 0. The van der Waals surface area contributed by atoms with E-state index in [1.165, 1.54) is 6.07 Å². The number of hydrogen-bond acceptors (Lipinski definition) is 4. The molecule has 0 unspecified atom stereocenters. The fourth-order valence-electron chi connectivity index (χ4n) is 4.04. The van der Waals surface area contributed by atoms with Crippen molar-refractivity contribution in [1.29, 1.82) is 5.26 Å². The number of unbranched alkanes of at least 4 members (excludes halogenated alkanes) is 1. The van der Waals surface area contributed by atoms with Gasteiger partial charge in [0.2, 0.25) is 0 Å². The minimum Gasteiger partial charge on any atom is -0.369 e. The molecule has 24 heavy (non-hydrogen) atoms. The SMILES string of the molecule is CN1c2c(C(F)(F)F)cc(CCCC#N)cc2[C@]2(N)CNCC[C@H]12. The standard InChI is InChI=1S/C17H21F3N4/c1-24-14-5-7-23-10-16(14,22)12-8-11(4-2-3-6-21)9-13(15(12)24)17(18,19)20/h8-9,14,23H,2-5,7,10,22H2,1H3/t14-,16+/m0/s1. The Kier molecular flexibility index (Phi) is 4.22. The predicted molar refractivity (Wildman–Crippen MR) is 85.5 cm³/mol. The first kappa shape index (κ1) is 17.1. The maximum absolute atomic E-state index is 13.7. The second kappa shape index (κ2) is 5.94. The van der Waals surface area contributed by atoms with Crippen LogP contribution in [0.1, 0.15) is 36.0 Å². The highest BCUT2D eigenvalue weighted by atomic mass is 19.4. The average Bonchev–Trinajstić information content (AvgIpc) is 2.75. The number of aryl methyl sites for hydroxylation is 1. The number of fused-ring (bicyclic) bond motifs is 3. The molecule has 1 fully saturated rings. The molecule has 1 aromatic carbocycles. The molecular weight excluding hydrogens is 317 g/mol. The summed E-state index contributed by atoms with van der Waals surface area (Å²) in [5, 5.41) is 11.9. The molecule has 0 bridgehead atoms. The third-order valence-electron chi connectivity index (χ3n) is 5.16. The van der Waals surface area contributed by atoms with Crippen molar-refractivity contribution < 1.29 is 13.2 Å². The predicted octanol–water partition coefficient (Wildman–Crippen LogP) is 2.52. The zero-order valence-corrected chi connectivity index (χ0v) is 13.6. The third kappa shape index (κ3) is 2.64. The Morgan fingerprint density at radius 2 is 2.21 bits per heavy atom. The number of benzene rings is 1. The van der Waals surface area contributed by atoms with E-state index in [9.17, 15) is 13.2 Å². The Morgan fingerprint density at radius 3 is 2.88 bits per heavy atom. The van der Waals surface area contributed by atoms with Gasteiger partial charge in [-0.25, -0.2) is 0 Å². The topological polar surface area (TPSA) is 65.1 Å². The summed E-state index contributed by atoms with van der Waals surface area (Å²) in [5.41, 5.74) is 6.53. The molecule has 2 atom stereocenters. The Morgan fingerprint density at radius 1 is 1.46 bits per heavy atom. The van der Waals surface area contributed by atoms with E-state index < -0.39 is 17.3 Å². The first-order valence-corrected chi connectivity index (χ1v) is 8.13. The molecular formula is C17H21F3N4. The van der Waals surface area contributed by atoms with Crippen LogP contribution in [0.15, 0.2) is 12.1 Å². The highest BCUT2D eigenvalue weighted by Gasteiger charge is 2.52. The summed E-state index contributed by atoms with van der Waals surface area (Å²) in [4.78, 5) is 1.71. The molecule has 0 spiro atoms. The number of rotatable bonds is 3. The van der Waals surface area contributed by atoms with Crippen molar-refractivity contribution in [2.45, 2.75) is 43.4 Å². The minimum absolute atomic E-state index is 0.135. The van der Waals surface area contributed by atoms with Crippen molar-refractivity contribution in [3.8, 4) is 6.07 Å². The van der Waals surface area contributed by atoms with Gasteiger partial charge in [0.1, 0.15) is 0 Å². The van der Waals surface area contributed by atoms with Crippen LogP contribution in [0, 0.1) is 11.3 Å². The van der Waals surface area contributed by atoms with Gasteiger partial charge in [0, 0.05) is 20.0 Å². The summed E-state index contributed by atoms with van der Waals surface area (Å²) in [6, 6.07) is 4.93. The molecule has 7 heteroatoms. The maximum atomic E-state index is 13.7. The molecule has 3 rings (SSSR count). The first-order valence-electron chi connectivity index (χ1n) is 8.13. The van der Waals surface area contributed by atoms with Gasteiger partial charge in [-0.15, -0.1) is 0 Å². The molecule has 130 valence electrons. The van der Waals surface area contributed by atoms with Crippen LogP contribution in [-0.2, 0) is 18.1 Å². The normalized spacial score (nSPS) is 26.0. The lowest BCUT2D eigenvalue weighted by Gasteiger charge is -2.39. The molecule has 4 nitrogen and oxygen atoms in total. The number of piperidine rings is 1. The molecule has 0 aromatic heterocycles. The van der Waals surface area contributed by atoms with Crippen LogP contribution in [0.25, 0.3) is 0 Å². The third-order valence-corrected chi connectivity index (χ3v) is 5.16. The van der Waals surface area contributed by atoms with E-state index in [2.05, 4.69) is 5.32 Å². The number of nitrogens with one attached hydrogen (secondary N) is 1. The summed E-state index contributed by atoms with van der Waals surface area (Å²) < 4.78 is 41.0. The van der Waals surface area contributed by atoms with Gasteiger partial charge >= 0.3 is 6.18 Å². The number of nitrogens with zero attached hydrogens (tertiary/aromatic N) is 2. The number of nitrogens with two attached hydrogens (primary N) is 1. The van der Waals surface area contributed by atoms with Gasteiger partial charge in [0.25, 0.3) is 0 Å². The van der Waals surface area contributed by atoms with Crippen molar-refractivity contribution in [3.63, 3.8) is 0 Å². The van der Waals surface area contributed by atoms with Crippen LogP contribution in [0.4, 0.5) is 18.9 Å². The van der Waals surface area contributed by atoms with E-state index in [-0.39, 0.29) is 11.7 Å². The Labute approximate surface area is 139 Å². The van der Waals surface area contributed by atoms with Gasteiger partial charge < -0.3 is 16.0 Å². The molecule has 0 amide bonds. The number of likely N-dealkylation sites (N-methyl/N-ethyl adjacent to an activating group) is 1. The lowest BCUT2D eigenvalue weighted by molar-refractivity contribution is -0.137. The lowest BCUT2D eigenvalue weighted by atomic mass is 9.81. The molecule has 1 aromatic rings. The van der Waals surface area contributed by atoms with Gasteiger partial charge in [0.15, 0.2) is 0 Å². The summed E-state index contributed by atoms with van der Waals surface area (Å²) in [6.07, 6.45) is -2.40. The van der Waals surface area contributed by atoms with Crippen molar-refractivity contribution >= 4 is 5.69 Å². The lowest BCUT2D eigenvalue weighted by Crippen LogP contribution is -2.60. The van der Waals surface area contributed by atoms with E-state index in [4.69, 9.17) is 11.0 Å². The number of nitriles is 1. The van der Waals surface area contributed by atoms with E-state index >= 15 is 0 Å². The molecule has 2 heterocycles. The molecule has 2 aliphatic rings. The average molecular weight is 338 g/mol. The molecule has 3 N–H and O–H groups in total. The Hall–Kier alpha value is -1.78. The fraction of sp³-hybridized carbons (Fsp3) is 0.588. The van der Waals surface area contributed by atoms with Crippen LogP contribution in [0.3, 0.4) is 0 Å². The van der Waals surface area contributed by atoms with Gasteiger partial charge in [-0.2, -0.15) is 18.4 Å². The highest BCUT2D eigenvalue weighted by Crippen LogP contribution is 2.50. The van der Waals surface area contributed by atoms with Crippen LogP contribution in [0.2, 0.25) is 0 Å². The highest BCUT2D eigenvalue weighted by molar-refractivity contribution is 5.70. The van der Waals surface area contributed by atoms with Crippen molar-refractivity contribution in [1.82, 2.24) is 5.32 Å². The number of halogens is 3. The fourth-order valence-corrected chi connectivity index (χ4v) is 4.04. The van der Waals surface area contributed by atoms with Crippen molar-refractivity contribution in [3.05, 3.63) is 28.8 Å². The van der Waals surface area contributed by atoms with Gasteiger partial charge in [-0.1, -0.05) is 6.07 Å². The first-order chi connectivity index (χ1) is 11.3. The summed E-state index contributed by atoms with van der Waals surface area (Å²) in [6.45, 7) is 1.21. The summed E-state index contributed by atoms with van der Waals surface area (Å²) in [5.74, 6) is 0. The second-order valence-electron chi connectivity index (χ2n) is 6.68. The number of hydrogen-bond donors (Lipinski definition) is 2. The second-order valence-corrected chi connectivity index (χ2v) is 6.68. The number of anilines is 1. The van der Waals surface area contributed by atoms with Crippen LogP contribution in [0.5, 0.6) is 0 Å². The van der Waals surface area contributed by atoms with Crippen LogP contribution in [-0.4, -0.2) is 26.2 Å². The monoisotopic (exact) mass is 338 g/mol. The van der Waals surface area contributed by atoms with Crippen LogP contribution >= 0.6 is 0 Å².